The molecule has 0 saturated carbocycles. The van der Waals surface area contributed by atoms with Gasteiger partial charge in [-0.3, -0.25) is 0 Å². The summed E-state index contributed by atoms with van der Waals surface area (Å²) in [5.41, 5.74) is 5.30. The van der Waals surface area contributed by atoms with Gasteiger partial charge >= 0.3 is 0 Å². The number of phenols is 1. The number of para-hydroxylation sites is 1. The Morgan fingerprint density at radius 3 is 2.19 bits per heavy atom. The Labute approximate surface area is 183 Å². The third kappa shape index (κ3) is 3.72. The highest BCUT2D eigenvalue weighted by Gasteiger charge is 2.37. The van der Waals surface area contributed by atoms with Gasteiger partial charge in [-0.25, -0.2) is 0 Å². The van der Waals surface area contributed by atoms with Crippen LogP contribution in [0.15, 0.2) is 36.4 Å². The third-order valence-electron chi connectivity index (χ3n) is 6.42. The van der Waals surface area contributed by atoms with Crippen molar-refractivity contribution in [1.82, 2.24) is 4.98 Å². The van der Waals surface area contributed by atoms with Gasteiger partial charge in [-0.1, -0.05) is 59.7 Å². The Bertz CT molecular complexity index is 1130. The van der Waals surface area contributed by atoms with Gasteiger partial charge < -0.3 is 25.3 Å². The lowest BCUT2D eigenvalue weighted by atomic mass is 9.77. The van der Waals surface area contributed by atoms with Gasteiger partial charge in [0.1, 0.15) is 11.8 Å². The van der Waals surface area contributed by atoms with Gasteiger partial charge in [-0.2, -0.15) is 0 Å². The molecular formula is C26H32N2O3. The van der Waals surface area contributed by atoms with Crippen LogP contribution in [0.25, 0.3) is 10.9 Å². The fourth-order valence-electron chi connectivity index (χ4n) is 4.74. The van der Waals surface area contributed by atoms with Gasteiger partial charge in [-0.15, -0.1) is 0 Å². The van der Waals surface area contributed by atoms with Crippen LogP contribution in [0.1, 0.15) is 75.5 Å². The number of fused-ring (bicyclic) bond motifs is 3. The van der Waals surface area contributed by atoms with E-state index in [2.05, 4.69) is 46.5 Å². The van der Waals surface area contributed by atoms with Crippen molar-refractivity contribution in [3.8, 4) is 5.75 Å². The number of carboxylic acid groups (broad SMARTS) is 1. The van der Waals surface area contributed by atoms with Crippen molar-refractivity contribution in [1.29, 1.82) is 0 Å². The van der Waals surface area contributed by atoms with Gasteiger partial charge in [0.2, 0.25) is 0 Å². The number of nitrogens with two attached hydrogens (primary N) is 1. The highest BCUT2D eigenvalue weighted by atomic mass is 16.4. The first kappa shape index (κ1) is 21.4. The molecule has 0 unspecified atom stereocenters. The highest BCUT2D eigenvalue weighted by molar-refractivity contribution is 5.86. The van der Waals surface area contributed by atoms with Crippen LogP contribution >= 0.6 is 0 Å². The highest BCUT2D eigenvalue weighted by Crippen LogP contribution is 2.42. The minimum absolute atomic E-state index is 0.221. The maximum absolute atomic E-state index is 11.9. The number of carbonyl (C=O) groups is 1. The Hall–Kier alpha value is -2.79. The topological polar surface area (TPSA) is 92.8 Å². The summed E-state index contributed by atoms with van der Waals surface area (Å²) in [5, 5.41) is 26.0. The quantitative estimate of drug-likeness (QED) is 0.595. The Morgan fingerprint density at radius 1 is 1.06 bits per heavy atom. The first-order valence-electron chi connectivity index (χ1n) is 10.9. The molecule has 0 amide bonds. The molecule has 1 aliphatic rings. The van der Waals surface area contributed by atoms with Gasteiger partial charge in [-0.05, 0) is 34.6 Å². The average molecular weight is 421 g/mol. The van der Waals surface area contributed by atoms with Crippen molar-refractivity contribution in [2.45, 2.75) is 70.9 Å². The number of rotatable bonds is 2. The number of hydrogen-bond donors (Lipinski definition) is 3. The summed E-state index contributed by atoms with van der Waals surface area (Å²) in [5.74, 6) is -0.723. The van der Waals surface area contributed by atoms with Crippen molar-refractivity contribution in [2.75, 3.05) is 0 Å². The zero-order valence-corrected chi connectivity index (χ0v) is 19.2. The number of carboxylic acids is 1. The molecule has 0 aliphatic carbocycles. The molecule has 3 aromatic rings. The number of aliphatic carboxylic acids is 1. The molecule has 0 radical (unpaired) electrons. The summed E-state index contributed by atoms with van der Waals surface area (Å²) in [4.78, 5) is 15.5. The van der Waals surface area contributed by atoms with Gasteiger partial charge in [0.15, 0.2) is 6.04 Å². The smallest absolute Gasteiger partial charge is 0.153 e. The number of carbonyl (C=O) groups excluding carboxylic acids is 1. The van der Waals surface area contributed by atoms with Crippen LogP contribution in [0.5, 0.6) is 5.75 Å². The lowest BCUT2D eigenvalue weighted by molar-refractivity contribution is -0.717. The molecule has 0 bridgehead atoms. The fraction of sp³-hybridized carbons (Fsp3) is 0.423. The molecule has 4 N–H and O–H groups in total. The van der Waals surface area contributed by atoms with Crippen LogP contribution < -0.4 is 10.4 Å². The molecule has 5 heteroatoms. The molecule has 1 aromatic heterocycles. The molecule has 164 valence electrons. The lowest BCUT2D eigenvalue weighted by Crippen LogP contribution is -2.95. The molecule has 31 heavy (non-hydrogen) atoms. The summed E-state index contributed by atoms with van der Waals surface area (Å²) in [6, 6.07) is 11.2. The van der Waals surface area contributed by atoms with E-state index in [4.69, 9.17) is 0 Å². The van der Waals surface area contributed by atoms with E-state index in [-0.39, 0.29) is 16.9 Å². The van der Waals surface area contributed by atoms with Gasteiger partial charge in [0, 0.05) is 34.0 Å². The predicted molar refractivity (Wildman–Crippen MR) is 120 cm³/mol. The molecule has 5 nitrogen and oxygen atoms in total. The van der Waals surface area contributed by atoms with Crippen molar-refractivity contribution < 1.29 is 20.3 Å². The van der Waals surface area contributed by atoms with E-state index < -0.39 is 12.0 Å². The normalized spacial score (nSPS) is 19.4. The minimum Gasteiger partial charge on any atom is -0.544 e. The van der Waals surface area contributed by atoms with Crippen LogP contribution in [0.4, 0.5) is 0 Å². The van der Waals surface area contributed by atoms with E-state index in [9.17, 15) is 15.0 Å². The maximum atomic E-state index is 11.9. The molecule has 0 spiro atoms. The predicted octanol–water partition coefficient (Wildman–Crippen LogP) is 2.80. The van der Waals surface area contributed by atoms with Crippen LogP contribution in [0.2, 0.25) is 0 Å². The molecular weight excluding hydrogens is 388 g/mol. The van der Waals surface area contributed by atoms with Crippen LogP contribution in [-0.4, -0.2) is 22.1 Å². The number of phenolic OH excluding ortho intramolecular Hbond substituents is 1. The van der Waals surface area contributed by atoms with Crippen LogP contribution in [0.3, 0.4) is 0 Å². The molecule has 2 atom stereocenters. The van der Waals surface area contributed by atoms with Crippen molar-refractivity contribution in [3.63, 3.8) is 0 Å². The second-order valence-electron chi connectivity index (χ2n) is 10.8. The summed E-state index contributed by atoms with van der Waals surface area (Å²) in [6.45, 7) is 12.5. The van der Waals surface area contributed by atoms with Crippen LogP contribution in [0, 0.1) is 0 Å². The molecule has 2 heterocycles. The monoisotopic (exact) mass is 420 g/mol. The number of aromatic nitrogens is 1. The Kier molecular flexibility index (Phi) is 4.93. The minimum atomic E-state index is -1.05. The summed E-state index contributed by atoms with van der Waals surface area (Å²) in [7, 11) is 0. The van der Waals surface area contributed by atoms with Gasteiger partial charge in [0.05, 0.1) is 11.7 Å². The molecule has 2 aromatic carbocycles. The number of benzene rings is 2. The standard InChI is InChI=1S/C26H32N2O3/c1-25(2,3)17-11-14(12-18(23(17)29)26(4,5)6)21-22-16(13-20(28-21)24(30)31)15-9-7-8-10-19(15)27-22/h7-12,20-21,27-29H,13H2,1-6H3,(H,30,31)/t20-,21-/m1/s1. The van der Waals surface area contributed by atoms with E-state index in [1.807, 2.05) is 41.7 Å². The van der Waals surface area contributed by atoms with E-state index >= 15 is 0 Å². The Balaban J connectivity index is 1.98. The Morgan fingerprint density at radius 2 is 1.65 bits per heavy atom. The van der Waals surface area contributed by atoms with E-state index in [1.54, 1.807) is 0 Å². The summed E-state index contributed by atoms with van der Waals surface area (Å²) < 4.78 is 0. The maximum Gasteiger partial charge on any atom is 0.153 e. The van der Waals surface area contributed by atoms with Gasteiger partial charge in [0.25, 0.3) is 0 Å². The van der Waals surface area contributed by atoms with Crippen molar-refractivity contribution in [3.05, 3.63) is 64.3 Å². The second kappa shape index (κ2) is 7.13. The van der Waals surface area contributed by atoms with Crippen molar-refractivity contribution >= 4 is 16.9 Å². The fourth-order valence-corrected chi connectivity index (χ4v) is 4.74. The number of nitrogens with one attached hydrogen (secondary N) is 1. The zero-order chi connectivity index (χ0) is 22.7. The number of H-pyrrole nitrogens is 1. The van der Waals surface area contributed by atoms with E-state index in [1.165, 1.54) is 0 Å². The largest absolute Gasteiger partial charge is 0.544 e. The van der Waals surface area contributed by atoms with Crippen molar-refractivity contribution in [2.24, 2.45) is 0 Å². The molecule has 4 rings (SSSR count). The number of quaternary nitrogens is 1. The van der Waals surface area contributed by atoms with Crippen LogP contribution in [-0.2, 0) is 22.0 Å². The summed E-state index contributed by atoms with van der Waals surface area (Å²) >= 11 is 0. The summed E-state index contributed by atoms with van der Waals surface area (Å²) in [6.07, 6.45) is 0.425. The number of hydrogen-bond acceptors (Lipinski definition) is 3. The molecule has 0 fully saturated rings. The molecule has 1 aliphatic heterocycles. The SMILES string of the molecule is CC(C)(C)c1cc([C@H]2[NH2+][C@@H](C(=O)[O-])Cc3c2[nH]c2ccccc32)cc(C(C)(C)C)c1O. The van der Waals surface area contributed by atoms with E-state index in [0.717, 1.165) is 38.9 Å². The number of aromatic amines is 1. The first-order chi connectivity index (χ1) is 14.4. The average Bonchev–Trinajstić information content (AvgIpc) is 3.04. The molecule has 0 saturated heterocycles. The first-order valence-corrected chi connectivity index (χ1v) is 10.9. The van der Waals surface area contributed by atoms with E-state index in [0.29, 0.717) is 12.2 Å². The zero-order valence-electron chi connectivity index (χ0n) is 19.2. The number of aromatic hydroxyl groups is 1. The second-order valence-corrected chi connectivity index (χ2v) is 10.8. The third-order valence-corrected chi connectivity index (χ3v) is 6.42. The lowest BCUT2D eigenvalue weighted by Gasteiger charge is -2.32.